The Morgan fingerprint density at radius 2 is 1.52 bits per heavy atom. The molecule has 1 fully saturated rings. The summed E-state index contributed by atoms with van der Waals surface area (Å²) in [5.41, 5.74) is 2.97. The van der Waals surface area contributed by atoms with Crippen molar-refractivity contribution in [2.45, 2.75) is 33.6 Å². The summed E-state index contributed by atoms with van der Waals surface area (Å²) in [5.74, 6) is 0.0457. The maximum atomic E-state index is 12.5. The summed E-state index contributed by atoms with van der Waals surface area (Å²) in [6.45, 7) is 7.66. The molecule has 2 rings (SSSR count). The Morgan fingerprint density at radius 3 is 2.09 bits per heavy atom. The van der Waals surface area contributed by atoms with Crippen LogP contribution in [0.3, 0.4) is 0 Å². The summed E-state index contributed by atoms with van der Waals surface area (Å²) in [6, 6.07) is 5.74. The van der Waals surface area contributed by atoms with Crippen LogP contribution in [-0.4, -0.2) is 53.6 Å². The van der Waals surface area contributed by atoms with E-state index in [0.717, 1.165) is 5.56 Å². The second-order valence-electron chi connectivity index (χ2n) is 6.17. The molecule has 5 nitrogen and oxygen atoms in total. The number of aryl methyl sites for hydroxylation is 2. The van der Waals surface area contributed by atoms with Crippen LogP contribution in [0.15, 0.2) is 18.2 Å². The van der Waals surface area contributed by atoms with Crippen LogP contribution in [-0.2, 0) is 9.59 Å². The lowest BCUT2D eigenvalue weighted by Gasteiger charge is -2.35. The summed E-state index contributed by atoms with van der Waals surface area (Å²) < 4.78 is 0. The summed E-state index contributed by atoms with van der Waals surface area (Å²) in [7, 11) is 0. The molecular formula is C18H24N2O3. The Morgan fingerprint density at radius 1 is 0.913 bits per heavy atom. The van der Waals surface area contributed by atoms with Gasteiger partial charge in [-0.15, -0.1) is 0 Å². The predicted octanol–water partition coefficient (Wildman–Crippen LogP) is 1.96. The van der Waals surface area contributed by atoms with Crippen LogP contribution in [0.2, 0.25) is 0 Å². The SMILES string of the molecule is CC(=O)CCC(=O)N1CCN(C(=O)c2ccc(C)c(C)c2)CC1. The maximum absolute atomic E-state index is 12.5. The zero-order chi connectivity index (χ0) is 17.0. The van der Waals surface area contributed by atoms with E-state index >= 15 is 0 Å². The minimum absolute atomic E-state index is 0.00141. The fourth-order valence-corrected chi connectivity index (χ4v) is 2.66. The number of amides is 2. The molecule has 1 aromatic rings. The lowest BCUT2D eigenvalue weighted by Crippen LogP contribution is -2.50. The lowest BCUT2D eigenvalue weighted by molar-refractivity contribution is -0.134. The van der Waals surface area contributed by atoms with E-state index in [1.54, 1.807) is 9.80 Å². The molecule has 1 heterocycles. The number of carbonyl (C=O) groups excluding carboxylic acids is 3. The number of rotatable bonds is 4. The molecular weight excluding hydrogens is 292 g/mol. The highest BCUT2D eigenvalue weighted by atomic mass is 16.2. The van der Waals surface area contributed by atoms with Crippen LogP contribution in [0.1, 0.15) is 41.3 Å². The molecule has 0 radical (unpaired) electrons. The quantitative estimate of drug-likeness (QED) is 0.853. The third kappa shape index (κ3) is 4.41. The predicted molar refractivity (Wildman–Crippen MR) is 88.3 cm³/mol. The van der Waals surface area contributed by atoms with Crippen molar-refractivity contribution in [3.63, 3.8) is 0 Å². The number of carbonyl (C=O) groups is 3. The highest BCUT2D eigenvalue weighted by Crippen LogP contribution is 2.14. The molecule has 0 aliphatic carbocycles. The number of Topliss-reactive ketones (excluding diaryl/α,β-unsaturated/α-hetero) is 1. The van der Waals surface area contributed by atoms with Gasteiger partial charge in [-0.2, -0.15) is 0 Å². The van der Waals surface area contributed by atoms with Crippen molar-refractivity contribution in [3.8, 4) is 0 Å². The molecule has 0 N–H and O–H groups in total. The van der Waals surface area contributed by atoms with Gasteiger partial charge < -0.3 is 14.6 Å². The summed E-state index contributed by atoms with van der Waals surface area (Å²) in [4.78, 5) is 39.0. The first-order valence-corrected chi connectivity index (χ1v) is 8.02. The number of nitrogens with zero attached hydrogens (tertiary/aromatic N) is 2. The first kappa shape index (κ1) is 17.2. The van der Waals surface area contributed by atoms with Crippen molar-refractivity contribution in [1.82, 2.24) is 9.80 Å². The minimum Gasteiger partial charge on any atom is -0.339 e. The number of benzene rings is 1. The van der Waals surface area contributed by atoms with Crippen LogP contribution in [0.4, 0.5) is 0 Å². The average molecular weight is 316 g/mol. The Labute approximate surface area is 137 Å². The van der Waals surface area contributed by atoms with Gasteiger partial charge in [0.25, 0.3) is 5.91 Å². The van der Waals surface area contributed by atoms with Gasteiger partial charge in [0.1, 0.15) is 5.78 Å². The van der Waals surface area contributed by atoms with E-state index in [0.29, 0.717) is 38.2 Å². The van der Waals surface area contributed by atoms with Crippen LogP contribution in [0.25, 0.3) is 0 Å². The number of hydrogen-bond donors (Lipinski definition) is 0. The summed E-state index contributed by atoms with van der Waals surface area (Å²) >= 11 is 0. The summed E-state index contributed by atoms with van der Waals surface area (Å²) in [5, 5.41) is 0. The zero-order valence-corrected chi connectivity index (χ0v) is 14.1. The van der Waals surface area contributed by atoms with Gasteiger partial charge in [0.05, 0.1) is 0 Å². The summed E-state index contributed by atoms with van der Waals surface area (Å²) in [6.07, 6.45) is 0.557. The van der Waals surface area contributed by atoms with Crippen LogP contribution in [0.5, 0.6) is 0 Å². The van der Waals surface area contributed by atoms with E-state index in [1.807, 2.05) is 32.0 Å². The maximum Gasteiger partial charge on any atom is 0.253 e. The number of piperazine rings is 1. The van der Waals surface area contributed by atoms with Crippen molar-refractivity contribution in [2.75, 3.05) is 26.2 Å². The van der Waals surface area contributed by atoms with E-state index in [-0.39, 0.29) is 24.0 Å². The highest BCUT2D eigenvalue weighted by Gasteiger charge is 2.24. The van der Waals surface area contributed by atoms with Gasteiger partial charge in [-0.05, 0) is 44.0 Å². The standard InChI is InChI=1S/C18H24N2O3/c1-13-4-6-16(12-14(13)2)18(23)20-10-8-19(9-11-20)17(22)7-5-15(3)21/h4,6,12H,5,7-11H2,1-3H3. The Balaban J connectivity index is 1.90. The van der Waals surface area contributed by atoms with Gasteiger partial charge in [-0.3, -0.25) is 9.59 Å². The molecule has 124 valence electrons. The van der Waals surface area contributed by atoms with Crippen LogP contribution < -0.4 is 0 Å². The molecule has 0 atom stereocenters. The number of hydrogen-bond acceptors (Lipinski definition) is 3. The molecule has 1 aliphatic rings. The van der Waals surface area contributed by atoms with E-state index in [9.17, 15) is 14.4 Å². The normalized spacial score (nSPS) is 14.7. The topological polar surface area (TPSA) is 57.7 Å². The fourth-order valence-electron chi connectivity index (χ4n) is 2.66. The van der Waals surface area contributed by atoms with Crippen LogP contribution in [0, 0.1) is 13.8 Å². The van der Waals surface area contributed by atoms with E-state index in [1.165, 1.54) is 12.5 Å². The highest BCUT2D eigenvalue weighted by molar-refractivity contribution is 5.94. The molecule has 1 aliphatic heterocycles. The van der Waals surface area contributed by atoms with E-state index in [2.05, 4.69) is 0 Å². The third-order valence-electron chi connectivity index (χ3n) is 4.36. The van der Waals surface area contributed by atoms with Gasteiger partial charge in [0.15, 0.2) is 0 Å². The van der Waals surface area contributed by atoms with E-state index in [4.69, 9.17) is 0 Å². The smallest absolute Gasteiger partial charge is 0.253 e. The number of ketones is 1. The molecule has 0 spiro atoms. The van der Waals surface area contributed by atoms with Crippen LogP contribution >= 0.6 is 0 Å². The first-order valence-electron chi connectivity index (χ1n) is 8.02. The molecule has 2 amide bonds. The Bertz CT molecular complexity index is 617. The lowest BCUT2D eigenvalue weighted by atomic mass is 10.1. The monoisotopic (exact) mass is 316 g/mol. The molecule has 0 unspecified atom stereocenters. The Hall–Kier alpha value is -2.17. The zero-order valence-electron chi connectivity index (χ0n) is 14.1. The third-order valence-corrected chi connectivity index (χ3v) is 4.36. The molecule has 0 saturated carbocycles. The van der Waals surface area contributed by atoms with Crippen molar-refractivity contribution >= 4 is 17.6 Å². The van der Waals surface area contributed by atoms with Crippen molar-refractivity contribution < 1.29 is 14.4 Å². The van der Waals surface area contributed by atoms with Gasteiger partial charge in [-0.25, -0.2) is 0 Å². The second kappa shape index (κ2) is 7.40. The minimum atomic E-state index is -0.00141. The van der Waals surface area contributed by atoms with Crippen molar-refractivity contribution in [2.24, 2.45) is 0 Å². The van der Waals surface area contributed by atoms with Crippen molar-refractivity contribution in [1.29, 1.82) is 0 Å². The van der Waals surface area contributed by atoms with E-state index < -0.39 is 0 Å². The van der Waals surface area contributed by atoms with Gasteiger partial charge >= 0.3 is 0 Å². The molecule has 1 saturated heterocycles. The molecule has 0 bridgehead atoms. The van der Waals surface area contributed by atoms with Gasteiger partial charge in [-0.1, -0.05) is 6.07 Å². The molecule has 1 aromatic carbocycles. The molecule has 23 heavy (non-hydrogen) atoms. The Kier molecular flexibility index (Phi) is 5.53. The largest absolute Gasteiger partial charge is 0.339 e. The van der Waals surface area contributed by atoms with Crippen molar-refractivity contribution in [3.05, 3.63) is 34.9 Å². The molecule has 0 aromatic heterocycles. The fraction of sp³-hybridized carbons (Fsp3) is 0.500. The van der Waals surface area contributed by atoms with Gasteiger partial charge in [0.2, 0.25) is 5.91 Å². The molecule has 5 heteroatoms. The average Bonchev–Trinajstić information content (AvgIpc) is 2.54. The second-order valence-corrected chi connectivity index (χ2v) is 6.17. The first-order chi connectivity index (χ1) is 10.9. The van der Waals surface area contributed by atoms with Gasteiger partial charge in [0, 0.05) is 44.6 Å².